The number of hydrogen-bond acceptors (Lipinski definition) is 3. The zero-order valence-electron chi connectivity index (χ0n) is 14.7. The first-order chi connectivity index (χ1) is 13.1. The Bertz CT molecular complexity index is 1140. The van der Waals surface area contributed by atoms with E-state index >= 15 is 0 Å². The summed E-state index contributed by atoms with van der Waals surface area (Å²) in [5.41, 5.74) is 4.36. The van der Waals surface area contributed by atoms with Gasteiger partial charge in [-0.05, 0) is 53.6 Å². The van der Waals surface area contributed by atoms with Crippen LogP contribution in [0.15, 0.2) is 54.6 Å². The number of nitrogens with one attached hydrogen (secondary N) is 1. The number of H-pyrrole nitrogens is 1. The van der Waals surface area contributed by atoms with E-state index in [-0.39, 0.29) is 5.75 Å². The Morgan fingerprint density at radius 1 is 0.852 bits per heavy atom. The maximum absolute atomic E-state index is 13.7. The number of hydrogen-bond donors (Lipinski definition) is 1. The molecule has 0 unspecified atom stereocenters. The number of nitrogens with zero attached hydrogens (tertiary/aromatic N) is 1. The largest absolute Gasteiger partial charge is 0.495 e. The highest BCUT2D eigenvalue weighted by Crippen LogP contribution is 2.34. The molecule has 3 aromatic carbocycles. The van der Waals surface area contributed by atoms with Crippen molar-refractivity contribution in [3.63, 3.8) is 0 Å². The van der Waals surface area contributed by atoms with Crippen LogP contribution in [-0.2, 0) is 0 Å². The van der Waals surface area contributed by atoms with Crippen LogP contribution in [0.25, 0.3) is 33.3 Å². The predicted octanol–water partition coefficient (Wildman–Crippen LogP) is 5.71. The normalized spacial score (nSPS) is 11.0. The molecule has 0 saturated heterocycles. The first-order valence-electron chi connectivity index (χ1n) is 8.26. The van der Waals surface area contributed by atoms with Crippen molar-refractivity contribution >= 4 is 22.5 Å². The summed E-state index contributed by atoms with van der Waals surface area (Å²) in [7, 11) is 3.03. The van der Waals surface area contributed by atoms with Crippen molar-refractivity contribution in [2.75, 3.05) is 14.2 Å². The van der Waals surface area contributed by atoms with Crippen LogP contribution < -0.4 is 9.47 Å². The number of halogens is 2. The van der Waals surface area contributed by atoms with E-state index < -0.39 is 5.82 Å². The number of aromatic nitrogens is 2. The third kappa shape index (κ3) is 3.11. The molecule has 0 aliphatic carbocycles. The molecule has 4 rings (SSSR count). The molecular weight excluding hydrogens is 367 g/mol. The van der Waals surface area contributed by atoms with Gasteiger partial charge >= 0.3 is 0 Å². The smallest absolute Gasteiger partial charge is 0.165 e. The third-order valence-electron chi connectivity index (χ3n) is 4.47. The van der Waals surface area contributed by atoms with Gasteiger partial charge in [0.1, 0.15) is 11.4 Å². The van der Waals surface area contributed by atoms with Crippen molar-refractivity contribution in [1.29, 1.82) is 0 Å². The Morgan fingerprint density at radius 3 is 2.30 bits per heavy atom. The highest BCUT2D eigenvalue weighted by Gasteiger charge is 2.12. The van der Waals surface area contributed by atoms with Crippen LogP contribution in [-0.4, -0.2) is 24.4 Å². The Morgan fingerprint density at radius 2 is 1.56 bits per heavy atom. The van der Waals surface area contributed by atoms with Crippen LogP contribution in [0.5, 0.6) is 11.5 Å². The molecule has 0 aliphatic heterocycles. The maximum atomic E-state index is 13.7. The molecule has 4 nitrogen and oxygen atoms in total. The number of rotatable bonds is 4. The molecule has 1 heterocycles. The first-order valence-corrected chi connectivity index (χ1v) is 8.64. The predicted molar refractivity (Wildman–Crippen MR) is 105 cm³/mol. The molecule has 1 aromatic heterocycles. The monoisotopic (exact) mass is 382 g/mol. The van der Waals surface area contributed by atoms with E-state index in [2.05, 4.69) is 10.2 Å². The summed E-state index contributed by atoms with van der Waals surface area (Å²) < 4.78 is 23.9. The SMILES string of the molecule is COc1cc(-c2n[nH]c3cc(-c4ccc(OC)c(Cl)c4)ccc23)ccc1F. The molecule has 27 heavy (non-hydrogen) atoms. The number of benzene rings is 3. The van der Waals surface area contributed by atoms with Crippen molar-refractivity contribution in [2.45, 2.75) is 0 Å². The van der Waals surface area contributed by atoms with Gasteiger partial charge in [-0.1, -0.05) is 23.7 Å². The summed E-state index contributed by atoms with van der Waals surface area (Å²) in [6.07, 6.45) is 0. The lowest BCUT2D eigenvalue weighted by Crippen LogP contribution is -1.89. The molecule has 0 amide bonds. The molecule has 136 valence electrons. The van der Waals surface area contributed by atoms with Gasteiger partial charge in [0.25, 0.3) is 0 Å². The Hall–Kier alpha value is -3.05. The van der Waals surface area contributed by atoms with Gasteiger partial charge in [-0.25, -0.2) is 4.39 Å². The number of ether oxygens (including phenoxy) is 2. The van der Waals surface area contributed by atoms with Gasteiger partial charge in [-0.2, -0.15) is 5.10 Å². The van der Waals surface area contributed by atoms with E-state index in [1.807, 2.05) is 36.4 Å². The van der Waals surface area contributed by atoms with Crippen molar-refractivity contribution < 1.29 is 13.9 Å². The first kappa shape index (κ1) is 17.4. The maximum Gasteiger partial charge on any atom is 0.165 e. The Balaban J connectivity index is 1.77. The topological polar surface area (TPSA) is 47.1 Å². The van der Waals surface area contributed by atoms with E-state index in [0.29, 0.717) is 10.8 Å². The van der Waals surface area contributed by atoms with Crippen molar-refractivity contribution in [1.82, 2.24) is 10.2 Å². The van der Waals surface area contributed by atoms with E-state index in [0.717, 1.165) is 33.3 Å². The second-order valence-electron chi connectivity index (χ2n) is 6.03. The van der Waals surface area contributed by atoms with E-state index in [1.165, 1.54) is 13.2 Å². The second-order valence-corrected chi connectivity index (χ2v) is 6.44. The minimum atomic E-state index is -0.403. The lowest BCUT2D eigenvalue weighted by Gasteiger charge is -2.07. The van der Waals surface area contributed by atoms with Crippen LogP contribution in [0, 0.1) is 5.82 Å². The standard InChI is InChI=1S/C21H16ClFN2O2/c1-26-19-8-5-12(9-16(19)22)13-3-6-15-18(10-13)24-25-21(15)14-4-7-17(23)20(11-14)27-2/h3-11H,1-2H3,(H,24,25). The average molecular weight is 383 g/mol. The van der Waals surface area contributed by atoms with Gasteiger partial charge in [0.05, 0.1) is 24.8 Å². The van der Waals surface area contributed by atoms with Gasteiger partial charge in [-0.15, -0.1) is 0 Å². The van der Waals surface area contributed by atoms with Crippen LogP contribution in [0.4, 0.5) is 4.39 Å². The molecule has 0 aliphatic rings. The average Bonchev–Trinajstić information content (AvgIpc) is 3.11. The van der Waals surface area contributed by atoms with Crippen LogP contribution in [0.1, 0.15) is 0 Å². The Kier molecular flexibility index (Phi) is 4.46. The molecule has 0 fully saturated rings. The molecule has 0 atom stereocenters. The molecule has 0 spiro atoms. The van der Waals surface area contributed by atoms with Crippen molar-refractivity contribution in [3.8, 4) is 33.9 Å². The lowest BCUT2D eigenvalue weighted by molar-refractivity contribution is 0.387. The molecule has 0 bridgehead atoms. The number of methoxy groups -OCH3 is 2. The molecule has 0 radical (unpaired) electrons. The molecule has 4 aromatic rings. The fourth-order valence-electron chi connectivity index (χ4n) is 3.07. The zero-order chi connectivity index (χ0) is 19.0. The minimum Gasteiger partial charge on any atom is -0.495 e. The van der Waals surface area contributed by atoms with E-state index in [1.54, 1.807) is 19.2 Å². The molecule has 6 heteroatoms. The summed E-state index contributed by atoms with van der Waals surface area (Å²) in [6, 6.07) is 16.3. The van der Waals surface area contributed by atoms with Gasteiger partial charge in [-0.3, -0.25) is 5.10 Å². The van der Waals surface area contributed by atoms with E-state index in [4.69, 9.17) is 21.1 Å². The quantitative estimate of drug-likeness (QED) is 0.492. The third-order valence-corrected chi connectivity index (χ3v) is 4.77. The van der Waals surface area contributed by atoms with Crippen molar-refractivity contribution in [2.24, 2.45) is 0 Å². The summed E-state index contributed by atoms with van der Waals surface area (Å²) in [6.45, 7) is 0. The summed E-state index contributed by atoms with van der Waals surface area (Å²) in [5, 5.41) is 8.94. The summed E-state index contributed by atoms with van der Waals surface area (Å²) in [5.74, 6) is 0.420. The molecular formula is C21H16ClFN2O2. The van der Waals surface area contributed by atoms with E-state index in [9.17, 15) is 4.39 Å². The fraction of sp³-hybridized carbons (Fsp3) is 0.0952. The van der Waals surface area contributed by atoms with Gasteiger partial charge < -0.3 is 9.47 Å². The van der Waals surface area contributed by atoms with Crippen molar-refractivity contribution in [3.05, 3.63) is 65.4 Å². The van der Waals surface area contributed by atoms with Crippen LogP contribution >= 0.6 is 11.6 Å². The second kappa shape index (κ2) is 6.93. The van der Waals surface area contributed by atoms with Crippen LogP contribution in [0.2, 0.25) is 5.02 Å². The van der Waals surface area contributed by atoms with Gasteiger partial charge in [0.2, 0.25) is 0 Å². The van der Waals surface area contributed by atoms with Crippen LogP contribution in [0.3, 0.4) is 0 Å². The number of fused-ring (bicyclic) bond motifs is 1. The summed E-state index contributed by atoms with van der Waals surface area (Å²) in [4.78, 5) is 0. The zero-order valence-corrected chi connectivity index (χ0v) is 15.5. The lowest BCUT2D eigenvalue weighted by atomic mass is 10.0. The highest BCUT2D eigenvalue weighted by atomic mass is 35.5. The fourth-order valence-corrected chi connectivity index (χ4v) is 3.33. The Labute approximate surface area is 160 Å². The molecule has 1 N–H and O–H groups in total. The van der Waals surface area contributed by atoms with Gasteiger partial charge in [0.15, 0.2) is 11.6 Å². The number of aromatic amines is 1. The minimum absolute atomic E-state index is 0.188. The highest BCUT2D eigenvalue weighted by molar-refractivity contribution is 6.32. The summed E-state index contributed by atoms with van der Waals surface area (Å²) >= 11 is 6.24. The van der Waals surface area contributed by atoms with Gasteiger partial charge in [0, 0.05) is 10.9 Å². The molecule has 0 saturated carbocycles.